The Morgan fingerprint density at radius 2 is 2.16 bits per heavy atom. The van der Waals surface area contributed by atoms with E-state index in [0.717, 1.165) is 0 Å². The van der Waals surface area contributed by atoms with E-state index in [0.29, 0.717) is 5.57 Å². The lowest BCUT2D eigenvalue weighted by atomic mass is 9.83. The molecule has 1 rings (SSSR count). The molecule has 0 aliphatic heterocycles. The molecule has 0 radical (unpaired) electrons. The second kappa shape index (κ2) is 5.27. The number of hydrogen-bond donors (Lipinski definition) is 2. The molecular formula is C14H20O5. The molecule has 0 bridgehead atoms. The van der Waals surface area contributed by atoms with Gasteiger partial charge in [0.2, 0.25) is 0 Å². The van der Waals surface area contributed by atoms with Crippen LogP contribution in [0.25, 0.3) is 0 Å². The molecule has 106 valence electrons. The van der Waals surface area contributed by atoms with Crippen molar-refractivity contribution in [3.05, 3.63) is 23.8 Å². The molecule has 19 heavy (non-hydrogen) atoms. The van der Waals surface area contributed by atoms with Crippen molar-refractivity contribution in [1.29, 1.82) is 0 Å². The van der Waals surface area contributed by atoms with Gasteiger partial charge in [-0.1, -0.05) is 12.2 Å². The topological polar surface area (TPSA) is 83.8 Å². The first-order valence-electron chi connectivity index (χ1n) is 6.08. The Morgan fingerprint density at radius 3 is 2.63 bits per heavy atom. The van der Waals surface area contributed by atoms with E-state index in [4.69, 9.17) is 4.74 Å². The van der Waals surface area contributed by atoms with Crippen molar-refractivity contribution in [2.75, 3.05) is 0 Å². The molecule has 5 heteroatoms. The molecule has 1 aliphatic carbocycles. The summed E-state index contributed by atoms with van der Waals surface area (Å²) < 4.78 is 5.10. The second-order valence-electron chi connectivity index (χ2n) is 5.57. The third-order valence-electron chi connectivity index (χ3n) is 2.78. The molecule has 0 fully saturated rings. The van der Waals surface area contributed by atoms with E-state index >= 15 is 0 Å². The molecule has 0 saturated heterocycles. The molecule has 0 heterocycles. The van der Waals surface area contributed by atoms with E-state index in [-0.39, 0.29) is 6.42 Å². The lowest BCUT2D eigenvalue weighted by molar-refractivity contribution is -0.150. The molecule has 0 saturated carbocycles. The van der Waals surface area contributed by atoms with E-state index in [1.54, 1.807) is 19.9 Å². The Bertz CT molecular complexity index is 437. The van der Waals surface area contributed by atoms with Crippen LogP contribution in [0, 0.1) is 0 Å². The standard InChI is InChI=1S/C14H20O5/c1-9(15)19-11-8-14(4,18)12(16)7-10(11)5-6-13(2,3)17/h5-7,11,17-18H,8H2,1-4H3/b6-5+/t11-,14+/m0/s1. The molecular weight excluding hydrogens is 248 g/mol. The van der Waals surface area contributed by atoms with Crippen molar-refractivity contribution in [3.8, 4) is 0 Å². The molecule has 5 nitrogen and oxygen atoms in total. The van der Waals surface area contributed by atoms with Gasteiger partial charge >= 0.3 is 5.97 Å². The normalized spacial score (nSPS) is 28.4. The lowest BCUT2D eigenvalue weighted by Crippen LogP contribution is -2.43. The Labute approximate surface area is 112 Å². The maximum absolute atomic E-state index is 11.7. The van der Waals surface area contributed by atoms with Crippen molar-refractivity contribution in [2.45, 2.75) is 51.4 Å². The number of carbonyl (C=O) groups excluding carboxylic acids is 2. The number of carbonyl (C=O) groups is 2. The van der Waals surface area contributed by atoms with Crippen molar-refractivity contribution in [3.63, 3.8) is 0 Å². The van der Waals surface area contributed by atoms with Gasteiger partial charge in [0.05, 0.1) is 5.60 Å². The summed E-state index contributed by atoms with van der Waals surface area (Å²) >= 11 is 0. The third kappa shape index (κ3) is 4.61. The highest BCUT2D eigenvalue weighted by atomic mass is 16.5. The zero-order valence-corrected chi connectivity index (χ0v) is 11.6. The Balaban J connectivity index is 3.05. The summed E-state index contributed by atoms with van der Waals surface area (Å²) in [6.45, 7) is 5.83. The van der Waals surface area contributed by atoms with Gasteiger partial charge < -0.3 is 14.9 Å². The number of rotatable bonds is 3. The van der Waals surface area contributed by atoms with Gasteiger partial charge in [0.25, 0.3) is 0 Å². The van der Waals surface area contributed by atoms with Crippen LogP contribution in [0.1, 0.15) is 34.1 Å². The average Bonchev–Trinajstić information content (AvgIpc) is 2.18. The maximum Gasteiger partial charge on any atom is 0.303 e. The molecule has 0 amide bonds. The Morgan fingerprint density at radius 1 is 1.58 bits per heavy atom. The van der Waals surface area contributed by atoms with Crippen LogP contribution in [0.4, 0.5) is 0 Å². The number of esters is 1. The van der Waals surface area contributed by atoms with Crippen molar-refractivity contribution in [1.82, 2.24) is 0 Å². The van der Waals surface area contributed by atoms with E-state index in [9.17, 15) is 19.8 Å². The smallest absolute Gasteiger partial charge is 0.303 e. The molecule has 0 unspecified atom stereocenters. The summed E-state index contributed by atoms with van der Waals surface area (Å²) in [4.78, 5) is 22.8. The van der Waals surface area contributed by atoms with Crippen molar-refractivity contribution in [2.24, 2.45) is 0 Å². The van der Waals surface area contributed by atoms with Gasteiger partial charge in [0, 0.05) is 13.3 Å². The zero-order chi connectivity index (χ0) is 14.8. The van der Waals surface area contributed by atoms with Crippen LogP contribution in [0.3, 0.4) is 0 Å². The first-order valence-corrected chi connectivity index (χ1v) is 6.08. The van der Waals surface area contributed by atoms with E-state index in [2.05, 4.69) is 0 Å². The van der Waals surface area contributed by atoms with E-state index in [1.165, 1.54) is 26.0 Å². The fraction of sp³-hybridized carbons (Fsp3) is 0.571. The summed E-state index contributed by atoms with van der Waals surface area (Å²) in [6.07, 6.45) is 3.61. The third-order valence-corrected chi connectivity index (χ3v) is 2.78. The summed E-state index contributed by atoms with van der Waals surface area (Å²) in [7, 11) is 0. The first-order chi connectivity index (χ1) is 8.51. The Hall–Kier alpha value is -1.46. The molecule has 0 aromatic heterocycles. The van der Waals surface area contributed by atoms with Crippen LogP contribution in [0.15, 0.2) is 23.8 Å². The molecule has 2 N–H and O–H groups in total. The van der Waals surface area contributed by atoms with Gasteiger partial charge in [-0.3, -0.25) is 9.59 Å². The first kappa shape index (κ1) is 15.6. The van der Waals surface area contributed by atoms with E-state index in [1.807, 2.05) is 0 Å². The average molecular weight is 268 g/mol. The fourth-order valence-corrected chi connectivity index (χ4v) is 1.74. The molecule has 0 aromatic carbocycles. The molecule has 0 spiro atoms. The highest BCUT2D eigenvalue weighted by Gasteiger charge is 2.38. The van der Waals surface area contributed by atoms with Gasteiger partial charge in [0.15, 0.2) is 5.78 Å². The number of aliphatic hydroxyl groups is 2. The van der Waals surface area contributed by atoms with Crippen LogP contribution in [-0.2, 0) is 14.3 Å². The summed E-state index contributed by atoms with van der Waals surface area (Å²) in [5, 5.41) is 19.5. The second-order valence-corrected chi connectivity index (χ2v) is 5.57. The van der Waals surface area contributed by atoms with Crippen LogP contribution in [0.5, 0.6) is 0 Å². The highest BCUT2D eigenvalue weighted by molar-refractivity contribution is 5.98. The minimum Gasteiger partial charge on any atom is -0.458 e. The minimum atomic E-state index is -1.54. The van der Waals surface area contributed by atoms with Crippen LogP contribution in [-0.4, -0.2) is 39.3 Å². The minimum absolute atomic E-state index is 0.00738. The Kier molecular flexibility index (Phi) is 4.32. The van der Waals surface area contributed by atoms with Gasteiger partial charge in [0.1, 0.15) is 11.7 Å². The SMILES string of the molecule is CC(=O)O[C@H]1C[C@@](C)(O)C(=O)C=C1/C=C/C(C)(C)O. The van der Waals surface area contributed by atoms with Gasteiger partial charge in [-0.15, -0.1) is 0 Å². The summed E-state index contributed by atoms with van der Waals surface area (Å²) in [5.74, 6) is -0.927. The number of hydrogen-bond acceptors (Lipinski definition) is 5. The van der Waals surface area contributed by atoms with Gasteiger partial charge in [-0.25, -0.2) is 0 Å². The quantitative estimate of drug-likeness (QED) is 0.743. The predicted octanol–water partition coefficient (Wildman–Crippen LogP) is 0.895. The van der Waals surface area contributed by atoms with Crippen LogP contribution < -0.4 is 0 Å². The monoisotopic (exact) mass is 268 g/mol. The maximum atomic E-state index is 11.7. The van der Waals surface area contributed by atoms with Gasteiger partial charge in [-0.05, 0) is 32.4 Å². The predicted molar refractivity (Wildman–Crippen MR) is 69.3 cm³/mol. The van der Waals surface area contributed by atoms with Crippen LogP contribution >= 0.6 is 0 Å². The van der Waals surface area contributed by atoms with E-state index < -0.39 is 29.1 Å². The fourth-order valence-electron chi connectivity index (χ4n) is 1.74. The molecule has 0 aromatic rings. The number of ketones is 1. The van der Waals surface area contributed by atoms with Crippen LogP contribution in [0.2, 0.25) is 0 Å². The molecule has 2 atom stereocenters. The largest absolute Gasteiger partial charge is 0.458 e. The van der Waals surface area contributed by atoms with Crippen molar-refractivity contribution < 1.29 is 24.5 Å². The lowest BCUT2D eigenvalue weighted by Gasteiger charge is -2.31. The highest BCUT2D eigenvalue weighted by Crippen LogP contribution is 2.28. The summed E-state index contributed by atoms with van der Waals surface area (Å²) in [6, 6.07) is 0. The zero-order valence-electron chi connectivity index (χ0n) is 11.6. The van der Waals surface area contributed by atoms with Gasteiger partial charge in [-0.2, -0.15) is 0 Å². The summed E-state index contributed by atoms with van der Waals surface area (Å²) in [5.41, 5.74) is -2.11. The molecule has 1 aliphatic rings. The van der Waals surface area contributed by atoms with Crippen molar-refractivity contribution >= 4 is 11.8 Å². The number of ether oxygens (including phenoxy) is 1.